The fourth-order valence-corrected chi connectivity index (χ4v) is 2.72. The number of morpholine rings is 1. The molecule has 108 valence electrons. The van der Waals surface area contributed by atoms with E-state index < -0.39 is 11.4 Å². The molecule has 5 heteroatoms. The molecule has 4 nitrogen and oxygen atoms in total. The predicted molar refractivity (Wildman–Crippen MR) is 71.0 cm³/mol. The van der Waals surface area contributed by atoms with E-state index in [2.05, 4.69) is 4.90 Å². The van der Waals surface area contributed by atoms with Gasteiger partial charge in [0.2, 0.25) is 0 Å². The first-order valence-corrected chi connectivity index (χ1v) is 6.94. The third kappa shape index (κ3) is 2.43. The van der Waals surface area contributed by atoms with Crippen LogP contribution in [0.2, 0.25) is 0 Å². The van der Waals surface area contributed by atoms with Crippen molar-refractivity contribution in [3.8, 4) is 0 Å². The van der Waals surface area contributed by atoms with Gasteiger partial charge in [-0.25, -0.2) is 4.39 Å². The van der Waals surface area contributed by atoms with E-state index in [1.54, 1.807) is 12.1 Å². The van der Waals surface area contributed by atoms with Crippen LogP contribution in [-0.2, 0) is 21.5 Å². The second kappa shape index (κ2) is 5.14. The zero-order valence-corrected chi connectivity index (χ0v) is 11.3. The summed E-state index contributed by atoms with van der Waals surface area (Å²) in [6.07, 6.45) is 1.20. The number of rotatable bonds is 4. The van der Waals surface area contributed by atoms with Crippen LogP contribution in [0.3, 0.4) is 0 Å². The highest BCUT2D eigenvalue weighted by atomic mass is 19.1. The molecular weight excluding hydrogens is 261 g/mol. The quantitative estimate of drug-likeness (QED) is 0.912. The summed E-state index contributed by atoms with van der Waals surface area (Å²) in [7, 11) is 0. The Morgan fingerprint density at radius 2 is 2.05 bits per heavy atom. The number of halogens is 1. The van der Waals surface area contributed by atoms with Gasteiger partial charge in [0.25, 0.3) is 0 Å². The van der Waals surface area contributed by atoms with Crippen LogP contribution in [-0.4, -0.2) is 42.3 Å². The minimum atomic E-state index is -0.849. The second-order valence-corrected chi connectivity index (χ2v) is 5.58. The lowest BCUT2D eigenvalue weighted by Gasteiger charge is -2.26. The molecule has 0 aromatic heterocycles. The minimum absolute atomic E-state index is 0.304. The molecule has 1 aliphatic heterocycles. The Morgan fingerprint density at radius 3 is 2.60 bits per heavy atom. The van der Waals surface area contributed by atoms with Crippen LogP contribution < -0.4 is 0 Å². The number of nitrogens with zero attached hydrogens (tertiary/aromatic N) is 1. The van der Waals surface area contributed by atoms with Gasteiger partial charge in [-0.1, -0.05) is 12.1 Å². The van der Waals surface area contributed by atoms with Gasteiger partial charge in [-0.15, -0.1) is 0 Å². The van der Waals surface area contributed by atoms with Gasteiger partial charge in [0.15, 0.2) is 0 Å². The van der Waals surface area contributed by atoms with Gasteiger partial charge in [0, 0.05) is 25.2 Å². The van der Waals surface area contributed by atoms with Gasteiger partial charge >= 0.3 is 5.97 Å². The molecular formula is C15H18FNO3. The molecule has 0 unspecified atom stereocenters. The molecule has 1 aromatic rings. The van der Waals surface area contributed by atoms with E-state index in [4.69, 9.17) is 4.74 Å². The Morgan fingerprint density at radius 1 is 1.35 bits per heavy atom. The standard InChI is InChI=1S/C15H18FNO3/c16-13-9-12(15(3-4-15)14(18)19)2-1-11(13)10-17-5-7-20-8-6-17/h1-2,9H,3-8,10H2,(H,18,19). The maximum atomic E-state index is 14.2. The maximum absolute atomic E-state index is 14.2. The van der Waals surface area contributed by atoms with Gasteiger partial charge < -0.3 is 9.84 Å². The van der Waals surface area contributed by atoms with E-state index >= 15 is 0 Å². The average Bonchev–Trinajstić information content (AvgIpc) is 3.24. The predicted octanol–water partition coefficient (Wildman–Crippen LogP) is 1.77. The van der Waals surface area contributed by atoms with Crippen LogP contribution in [0.25, 0.3) is 0 Å². The molecule has 3 rings (SSSR count). The number of carboxylic acids is 1. The van der Waals surface area contributed by atoms with Crippen LogP contribution in [0.15, 0.2) is 18.2 Å². The lowest BCUT2D eigenvalue weighted by molar-refractivity contribution is -0.140. The number of ether oxygens (including phenoxy) is 1. The summed E-state index contributed by atoms with van der Waals surface area (Å²) in [6.45, 7) is 3.53. The molecule has 0 amide bonds. The topological polar surface area (TPSA) is 49.8 Å². The second-order valence-electron chi connectivity index (χ2n) is 5.58. The molecule has 0 spiro atoms. The van der Waals surface area contributed by atoms with Gasteiger partial charge in [0.1, 0.15) is 5.82 Å². The molecule has 0 atom stereocenters. The molecule has 1 saturated carbocycles. The first-order valence-electron chi connectivity index (χ1n) is 6.94. The summed E-state index contributed by atoms with van der Waals surface area (Å²) in [5.41, 5.74) is 0.378. The van der Waals surface area contributed by atoms with Crippen LogP contribution in [0.1, 0.15) is 24.0 Å². The van der Waals surface area contributed by atoms with Crippen molar-refractivity contribution in [1.82, 2.24) is 4.90 Å². The van der Waals surface area contributed by atoms with Gasteiger partial charge in [-0.3, -0.25) is 9.69 Å². The molecule has 20 heavy (non-hydrogen) atoms. The van der Waals surface area contributed by atoms with Gasteiger partial charge in [0.05, 0.1) is 18.6 Å². The summed E-state index contributed by atoms with van der Waals surface area (Å²) in [5.74, 6) is -1.15. The Labute approximate surface area is 117 Å². The van der Waals surface area contributed by atoms with Gasteiger partial charge in [-0.2, -0.15) is 0 Å². The largest absolute Gasteiger partial charge is 0.481 e. The molecule has 1 heterocycles. The molecule has 0 bridgehead atoms. The highest BCUT2D eigenvalue weighted by molar-refractivity contribution is 5.84. The van der Waals surface area contributed by atoms with Crippen LogP contribution >= 0.6 is 0 Å². The average molecular weight is 279 g/mol. The zero-order chi connectivity index (χ0) is 14.2. The fourth-order valence-electron chi connectivity index (χ4n) is 2.72. The molecule has 2 aliphatic rings. The van der Waals surface area contributed by atoms with E-state index in [1.807, 2.05) is 0 Å². The Kier molecular flexibility index (Phi) is 3.48. The normalized spacial score (nSPS) is 21.6. The van der Waals surface area contributed by atoms with E-state index in [0.29, 0.717) is 43.7 Å². The number of carboxylic acid groups (broad SMARTS) is 1. The first kappa shape index (κ1) is 13.5. The number of aliphatic carboxylic acids is 1. The summed E-state index contributed by atoms with van der Waals surface area (Å²) >= 11 is 0. The highest BCUT2D eigenvalue weighted by Gasteiger charge is 2.51. The van der Waals surface area contributed by atoms with Crippen LogP contribution in [0.5, 0.6) is 0 Å². The van der Waals surface area contributed by atoms with Crippen molar-refractivity contribution in [3.63, 3.8) is 0 Å². The van der Waals surface area contributed by atoms with E-state index in [9.17, 15) is 14.3 Å². The molecule has 1 aromatic carbocycles. The Balaban J connectivity index is 1.76. The van der Waals surface area contributed by atoms with Crippen molar-refractivity contribution in [2.24, 2.45) is 0 Å². The summed E-state index contributed by atoms with van der Waals surface area (Å²) in [5, 5.41) is 9.23. The molecule has 1 N–H and O–H groups in total. The third-order valence-electron chi connectivity index (χ3n) is 4.26. The minimum Gasteiger partial charge on any atom is -0.481 e. The molecule has 1 saturated heterocycles. The smallest absolute Gasteiger partial charge is 0.314 e. The van der Waals surface area contributed by atoms with Crippen molar-refractivity contribution in [1.29, 1.82) is 0 Å². The van der Waals surface area contributed by atoms with Crippen molar-refractivity contribution in [2.45, 2.75) is 24.8 Å². The molecule has 1 aliphatic carbocycles. The summed E-state index contributed by atoms with van der Waals surface area (Å²) in [6, 6.07) is 4.89. The van der Waals surface area contributed by atoms with E-state index in [-0.39, 0.29) is 5.82 Å². The number of benzene rings is 1. The van der Waals surface area contributed by atoms with E-state index in [1.165, 1.54) is 6.07 Å². The lowest BCUT2D eigenvalue weighted by Crippen LogP contribution is -2.35. The number of carbonyl (C=O) groups is 1. The van der Waals surface area contributed by atoms with Crippen LogP contribution in [0.4, 0.5) is 4.39 Å². The highest BCUT2D eigenvalue weighted by Crippen LogP contribution is 2.48. The lowest BCUT2D eigenvalue weighted by atomic mass is 9.95. The fraction of sp³-hybridized carbons (Fsp3) is 0.533. The summed E-state index contributed by atoms with van der Waals surface area (Å²) < 4.78 is 19.4. The van der Waals surface area contributed by atoms with Crippen molar-refractivity contribution >= 4 is 5.97 Å². The van der Waals surface area contributed by atoms with Crippen LogP contribution in [0, 0.1) is 5.82 Å². The van der Waals surface area contributed by atoms with Crippen molar-refractivity contribution in [3.05, 3.63) is 35.1 Å². The Hall–Kier alpha value is -1.46. The molecule has 0 radical (unpaired) electrons. The SMILES string of the molecule is O=C(O)C1(c2ccc(CN3CCOCC3)c(F)c2)CC1. The monoisotopic (exact) mass is 279 g/mol. The van der Waals surface area contributed by atoms with E-state index in [0.717, 1.165) is 13.1 Å². The first-order chi connectivity index (χ1) is 9.62. The zero-order valence-electron chi connectivity index (χ0n) is 11.3. The maximum Gasteiger partial charge on any atom is 0.314 e. The molecule has 2 fully saturated rings. The van der Waals surface area contributed by atoms with Crippen molar-refractivity contribution < 1.29 is 19.0 Å². The number of hydrogen-bond acceptors (Lipinski definition) is 3. The van der Waals surface area contributed by atoms with Gasteiger partial charge in [-0.05, 0) is 24.5 Å². The number of hydrogen-bond donors (Lipinski definition) is 1. The summed E-state index contributed by atoms with van der Waals surface area (Å²) in [4.78, 5) is 13.4. The Bertz CT molecular complexity index is 522. The third-order valence-corrected chi connectivity index (χ3v) is 4.26. The van der Waals surface area contributed by atoms with Crippen molar-refractivity contribution in [2.75, 3.05) is 26.3 Å².